The number of pyridine rings is 1. The number of nitriles is 1. The summed E-state index contributed by atoms with van der Waals surface area (Å²) >= 11 is 0. The number of hydrogen-bond donors (Lipinski definition) is 2. The number of piperidine rings is 2. The van der Waals surface area contributed by atoms with Crippen LogP contribution in [0.5, 0.6) is 0 Å². The standard InChI is InChI=1S/C24H30N10O2S/c1-15-8-22(31-30-15)28-21-11-20-23(27-7-6-26-20)24(29-21)32(2)19-9-17-4-3-5-18(10-19)34(17)37(35,36)33-13-16(12-25)14-33/h6-8,11,16-19H,3-5,9-10,13-14H2,1-2H3,(H2,28,29,30,31)/t17-,18+,19?. The summed E-state index contributed by atoms with van der Waals surface area (Å²) in [7, 11) is -1.57. The average Bonchev–Trinajstić information content (AvgIpc) is 3.25. The molecule has 6 rings (SSSR count). The van der Waals surface area contributed by atoms with Crippen LogP contribution in [-0.4, -0.2) is 80.4 Å². The maximum Gasteiger partial charge on any atom is 0.282 e. The molecule has 0 amide bonds. The van der Waals surface area contributed by atoms with Gasteiger partial charge in [-0.3, -0.25) is 10.1 Å². The first-order valence-electron chi connectivity index (χ1n) is 12.7. The molecule has 13 heteroatoms. The molecule has 1 unspecified atom stereocenters. The Kier molecular flexibility index (Phi) is 5.97. The van der Waals surface area contributed by atoms with E-state index in [1.54, 1.807) is 16.7 Å². The Morgan fingerprint density at radius 1 is 1.14 bits per heavy atom. The number of aromatic amines is 1. The molecule has 3 fully saturated rings. The van der Waals surface area contributed by atoms with Crippen LogP contribution < -0.4 is 10.2 Å². The van der Waals surface area contributed by atoms with Crippen molar-refractivity contribution in [2.75, 3.05) is 30.4 Å². The molecule has 3 aliphatic heterocycles. The van der Waals surface area contributed by atoms with Gasteiger partial charge in [0.2, 0.25) is 0 Å². The summed E-state index contributed by atoms with van der Waals surface area (Å²) in [6.45, 7) is 2.52. The first-order valence-corrected chi connectivity index (χ1v) is 14.0. The van der Waals surface area contributed by atoms with Crippen LogP contribution in [0.25, 0.3) is 11.0 Å². The lowest BCUT2D eigenvalue weighted by molar-refractivity contribution is 0.0932. The van der Waals surface area contributed by atoms with Crippen LogP contribution in [0.1, 0.15) is 37.8 Å². The highest BCUT2D eigenvalue weighted by Crippen LogP contribution is 2.41. The Morgan fingerprint density at radius 2 is 1.86 bits per heavy atom. The summed E-state index contributed by atoms with van der Waals surface area (Å²) in [5, 5.41) is 19.5. The van der Waals surface area contributed by atoms with Gasteiger partial charge in [-0.25, -0.2) is 9.97 Å². The maximum atomic E-state index is 13.5. The van der Waals surface area contributed by atoms with Gasteiger partial charge in [0.25, 0.3) is 10.2 Å². The third kappa shape index (κ3) is 4.28. The van der Waals surface area contributed by atoms with E-state index >= 15 is 0 Å². The zero-order chi connectivity index (χ0) is 25.7. The molecule has 3 aliphatic rings. The minimum absolute atomic E-state index is 0.0724. The quantitative estimate of drug-likeness (QED) is 0.498. The highest BCUT2D eigenvalue weighted by atomic mass is 32.2. The molecule has 3 saturated heterocycles. The molecule has 2 N–H and O–H groups in total. The minimum Gasteiger partial charge on any atom is -0.355 e. The Hall–Kier alpha value is -3.34. The Balaban J connectivity index is 1.28. The molecule has 3 atom stereocenters. The van der Waals surface area contributed by atoms with Gasteiger partial charge in [-0.1, -0.05) is 6.42 Å². The lowest BCUT2D eigenvalue weighted by atomic mass is 9.83. The van der Waals surface area contributed by atoms with Crippen molar-refractivity contribution in [3.05, 3.63) is 30.2 Å². The van der Waals surface area contributed by atoms with Crippen molar-refractivity contribution in [2.24, 2.45) is 5.92 Å². The van der Waals surface area contributed by atoms with Gasteiger partial charge in [0.15, 0.2) is 11.6 Å². The van der Waals surface area contributed by atoms with Gasteiger partial charge in [0.1, 0.15) is 11.3 Å². The topological polar surface area (TPSA) is 147 Å². The molecule has 12 nitrogen and oxygen atoms in total. The second-order valence-corrected chi connectivity index (χ2v) is 12.1. The second kappa shape index (κ2) is 9.20. The highest BCUT2D eigenvalue weighted by Gasteiger charge is 2.50. The van der Waals surface area contributed by atoms with Gasteiger partial charge in [0, 0.05) is 68.5 Å². The van der Waals surface area contributed by atoms with Gasteiger partial charge in [-0.05, 0) is 32.6 Å². The van der Waals surface area contributed by atoms with E-state index < -0.39 is 10.2 Å². The molecule has 0 aromatic carbocycles. The number of nitrogens with zero attached hydrogens (tertiary/aromatic N) is 8. The van der Waals surface area contributed by atoms with E-state index in [9.17, 15) is 8.42 Å². The maximum absolute atomic E-state index is 13.5. The van der Waals surface area contributed by atoms with Crippen LogP contribution in [0.3, 0.4) is 0 Å². The summed E-state index contributed by atoms with van der Waals surface area (Å²) in [5.41, 5.74) is 2.37. The monoisotopic (exact) mass is 522 g/mol. The van der Waals surface area contributed by atoms with Crippen molar-refractivity contribution >= 4 is 38.7 Å². The Bertz CT molecular complexity index is 1450. The van der Waals surface area contributed by atoms with E-state index in [4.69, 9.17) is 10.2 Å². The van der Waals surface area contributed by atoms with Crippen LogP contribution in [-0.2, 0) is 10.2 Å². The van der Waals surface area contributed by atoms with Crippen molar-refractivity contribution in [3.8, 4) is 6.07 Å². The minimum atomic E-state index is -3.58. The molecule has 37 heavy (non-hydrogen) atoms. The SMILES string of the molecule is Cc1cc(Nc2cc3nccnc3c(N(C)C3C[C@H]4CCC[C@@H](C3)N4S(=O)(=O)N3CC(C#N)C3)n2)n[nH]1. The number of rotatable bonds is 6. The highest BCUT2D eigenvalue weighted by molar-refractivity contribution is 7.86. The predicted octanol–water partition coefficient (Wildman–Crippen LogP) is 2.32. The number of nitrogens with one attached hydrogen (secondary N) is 2. The summed E-state index contributed by atoms with van der Waals surface area (Å²) < 4.78 is 30.1. The molecule has 0 radical (unpaired) electrons. The van der Waals surface area contributed by atoms with Gasteiger partial charge in [0.05, 0.1) is 17.5 Å². The van der Waals surface area contributed by atoms with E-state index in [-0.39, 0.29) is 24.0 Å². The van der Waals surface area contributed by atoms with Crippen LogP contribution >= 0.6 is 0 Å². The van der Waals surface area contributed by atoms with Gasteiger partial charge in [-0.15, -0.1) is 0 Å². The van der Waals surface area contributed by atoms with Gasteiger partial charge in [-0.2, -0.15) is 27.4 Å². The first-order chi connectivity index (χ1) is 17.8. The van der Waals surface area contributed by atoms with Crippen molar-refractivity contribution in [3.63, 3.8) is 0 Å². The van der Waals surface area contributed by atoms with Gasteiger partial charge >= 0.3 is 0 Å². The summed E-state index contributed by atoms with van der Waals surface area (Å²) in [6, 6.07) is 5.89. The van der Waals surface area contributed by atoms with Crippen LogP contribution in [0.2, 0.25) is 0 Å². The molecule has 3 aromatic heterocycles. The number of anilines is 3. The number of aromatic nitrogens is 5. The van der Waals surface area contributed by atoms with Crippen molar-refractivity contribution < 1.29 is 8.42 Å². The zero-order valence-electron chi connectivity index (χ0n) is 20.9. The number of aryl methyl sites for hydroxylation is 1. The van der Waals surface area contributed by atoms with Crippen molar-refractivity contribution in [1.82, 2.24) is 33.8 Å². The fourth-order valence-corrected chi connectivity index (χ4v) is 8.04. The third-order valence-corrected chi connectivity index (χ3v) is 9.87. The van der Waals surface area contributed by atoms with E-state index in [2.05, 4.69) is 36.5 Å². The molecule has 3 aromatic rings. The Morgan fingerprint density at radius 3 is 2.54 bits per heavy atom. The molecule has 194 valence electrons. The van der Waals surface area contributed by atoms with E-state index in [1.165, 1.54) is 4.31 Å². The van der Waals surface area contributed by atoms with Crippen LogP contribution in [0.4, 0.5) is 17.5 Å². The molecular formula is C24H30N10O2S. The molecule has 6 heterocycles. The summed E-state index contributed by atoms with van der Waals surface area (Å²) in [5.74, 6) is 1.79. The number of H-pyrrole nitrogens is 1. The van der Waals surface area contributed by atoms with Crippen LogP contribution in [0, 0.1) is 24.2 Å². The van der Waals surface area contributed by atoms with E-state index in [0.717, 1.165) is 30.5 Å². The fraction of sp³-hybridized carbons (Fsp3) is 0.542. The number of fused-ring (bicyclic) bond motifs is 3. The summed E-state index contributed by atoms with van der Waals surface area (Å²) in [6.07, 6.45) is 7.44. The normalized spacial score (nSPS) is 24.9. The molecule has 0 aliphatic carbocycles. The fourth-order valence-electron chi connectivity index (χ4n) is 5.90. The molecule has 2 bridgehead atoms. The predicted molar refractivity (Wildman–Crippen MR) is 138 cm³/mol. The molecule has 0 spiro atoms. The second-order valence-electron chi connectivity index (χ2n) is 10.3. The average molecular weight is 523 g/mol. The number of hydrogen-bond acceptors (Lipinski definition) is 9. The lowest BCUT2D eigenvalue weighted by Crippen LogP contribution is -2.64. The lowest BCUT2D eigenvalue weighted by Gasteiger charge is -2.52. The first kappa shape index (κ1) is 24.0. The summed E-state index contributed by atoms with van der Waals surface area (Å²) in [4.78, 5) is 16.1. The zero-order valence-corrected chi connectivity index (χ0v) is 21.7. The third-order valence-electron chi connectivity index (χ3n) is 7.79. The van der Waals surface area contributed by atoms with Crippen LogP contribution in [0.15, 0.2) is 24.5 Å². The van der Waals surface area contributed by atoms with E-state index in [0.29, 0.717) is 48.9 Å². The smallest absolute Gasteiger partial charge is 0.282 e. The molecule has 0 saturated carbocycles. The van der Waals surface area contributed by atoms with E-state index in [1.807, 2.05) is 26.1 Å². The van der Waals surface area contributed by atoms with Gasteiger partial charge < -0.3 is 10.2 Å². The largest absolute Gasteiger partial charge is 0.355 e. The van der Waals surface area contributed by atoms with Crippen molar-refractivity contribution in [1.29, 1.82) is 5.26 Å². The Labute approximate surface area is 215 Å². The van der Waals surface area contributed by atoms with Crippen molar-refractivity contribution in [2.45, 2.75) is 57.2 Å². The molecular weight excluding hydrogens is 492 g/mol.